The van der Waals surface area contributed by atoms with Crippen molar-refractivity contribution in [3.8, 4) is 5.75 Å². The molecule has 1 aliphatic heterocycles. The van der Waals surface area contributed by atoms with Crippen LogP contribution in [0.5, 0.6) is 5.75 Å². The van der Waals surface area contributed by atoms with Crippen LogP contribution < -0.4 is 15.0 Å². The van der Waals surface area contributed by atoms with Crippen LogP contribution >= 0.6 is 0 Å². The summed E-state index contributed by atoms with van der Waals surface area (Å²) in [5, 5.41) is 2.80. The van der Waals surface area contributed by atoms with Gasteiger partial charge < -0.3 is 19.2 Å². The number of β-lactam (4-membered cyclic amide) rings is 1. The zero-order valence-electron chi connectivity index (χ0n) is 22.9. The molecule has 2 aromatic rings. The van der Waals surface area contributed by atoms with Gasteiger partial charge in [-0.3, -0.25) is 19.3 Å². The highest BCUT2D eigenvalue weighted by Gasteiger charge is 2.58. The first-order valence-corrected chi connectivity index (χ1v) is 15.3. The normalized spacial score (nSPS) is 19.5. The van der Waals surface area contributed by atoms with Gasteiger partial charge in [0.05, 0.1) is 13.2 Å². The van der Waals surface area contributed by atoms with E-state index < -0.39 is 38.4 Å². The number of benzene rings is 2. The van der Waals surface area contributed by atoms with Gasteiger partial charge in [-0.15, -0.1) is 0 Å². The SMILES string of the molecule is COc1ccc(N2C(=O)[C@@H]([C@@H](O[Si](C)(C)C(C)(C)C)C(=O)N[C@@H](C)c3ccccc3)[C@@H]2OC(C)=O)cc1. The third-order valence-electron chi connectivity index (χ3n) is 7.19. The molecule has 1 fully saturated rings. The molecule has 1 saturated heterocycles. The number of hydrogen-bond donors (Lipinski definition) is 1. The Morgan fingerprint density at radius 3 is 2.14 bits per heavy atom. The van der Waals surface area contributed by atoms with E-state index in [-0.39, 0.29) is 17.0 Å². The van der Waals surface area contributed by atoms with Crippen LogP contribution in [0.1, 0.15) is 46.2 Å². The van der Waals surface area contributed by atoms with Crippen LogP contribution in [0.4, 0.5) is 5.69 Å². The van der Waals surface area contributed by atoms with E-state index in [0.717, 1.165) is 5.56 Å². The fourth-order valence-electron chi connectivity index (χ4n) is 3.98. The van der Waals surface area contributed by atoms with Gasteiger partial charge in [-0.2, -0.15) is 0 Å². The molecule has 2 aromatic carbocycles. The molecule has 0 aromatic heterocycles. The highest BCUT2D eigenvalue weighted by molar-refractivity contribution is 6.74. The number of amides is 2. The summed E-state index contributed by atoms with van der Waals surface area (Å²) in [6.07, 6.45) is -2.11. The van der Waals surface area contributed by atoms with Gasteiger partial charge in [0.15, 0.2) is 14.5 Å². The van der Waals surface area contributed by atoms with E-state index in [4.69, 9.17) is 13.9 Å². The van der Waals surface area contributed by atoms with Crippen molar-refractivity contribution in [1.29, 1.82) is 0 Å². The Balaban J connectivity index is 1.96. The third kappa shape index (κ3) is 6.22. The van der Waals surface area contributed by atoms with E-state index in [2.05, 4.69) is 26.1 Å². The van der Waals surface area contributed by atoms with Crippen molar-refractivity contribution in [1.82, 2.24) is 5.32 Å². The maximum atomic E-state index is 13.7. The Kier molecular flexibility index (Phi) is 8.49. The number of anilines is 1. The van der Waals surface area contributed by atoms with Crippen molar-refractivity contribution in [2.75, 3.05) is 12.0 Å². The van der Waals surface area contributed by atoms with Crippen molar-refractivity contribution < 1.29 is 28.3 Å². The highest BCUT2D eigenvalue weighted by atomic mass is 28.4. The lowest BCUT2D eigenvalue weighted by atomic mass is 9.88. The predicted molar refractivity (Wildman–Crippen MR) is 145 cm³/mol. The standard InChI is InChI=1S/C28H38N2O6Si/c1-18(20-12-10-9-11-13-20)29-25(32)24(36-37(7,8)28(3,4)5)23-26(33)30(27(23)35-19(2)31)21-14-16-22(34-6)17-15-21/h9-18,23-24,27H,1-8H3,(H,29,32)/t18-,23+,24+,27-/m0/s1. The number of nitrogens with zero attached hydrogens (tertiary/aromatic N) is 1. The Hall–Kier alpha value is -3.17. The van der Waals surface area contributed by atoms with E-state index >= 15 is 0 Å². The van der Waals surface area contributed by atoms with Crippen LogP contribution in [-0.4, -0.2) is 45.5 Å². The van der Waals surface area contributed by atoms with E-state index in [0.29, 0.717) is 11.4 Å². The van der Waals surface area contributed by atoms with Gasteiger partial charge in [-0.1, -0.05) is 51.1 Å². The minimum Gasteiger partial charge on any atom is -0.497 e. The molecule has 0 aliphatic carbocycles. The molecular weight excluding hydrogens is 488 g/mol. The molecule has 0 spiro atoms. The van der Waals surface area contributed by atoms with Crippen LogP contribution in [0.3, 0.4) is 0 Å². The van der Waals surface area contributed by atoms with Crippen LogP contribution in [0.2, 0.25) is 18.1 Å². The lowest BCUT2D eigenvalue weighted by Crippen LogP contribution is -2.70. The van der Waals surface area contributed by atoms with Crippen molar-refractivity contribution in [3.63, 3.8) is 0 Å². The van der Waals surface area contributed by atoms with Gasteiger partial charge in [0.1, 0.15) is 17.8 Å². The second-order valence-electron chi connectivity index (χ2n) is 10.9. The van der Waals surface area contributed by atoms with Crippen LogP contribution in [0, 0.1) is 5.92 Å². The van der Waals surface area contributed by atoms with Crippen molar-refractivity contribution in [2.24, 2.45) is 5.92 Å². The first-order chi connectivity index (χ1) is 17.3. The van der Waals surface area contributed by atoms with Gasteiger partial charge in [0.2, 0.25) is 11.8 Å². The van der Waals surface area contributed by atoms with Crippen molar-refractivity contribution in [2.45, 2.75) is 71.1 Å². The number of hydrogen-bond acceptors (Lipinski definition) is 6. The van der Waals surface area contributed by atoms with E-state index in [1.54, 1.807) is 31.4 Å². The average molecular weight is 527 g/mol. The van der Waals surface area contributed by atoms with Gasteiger partial charge in [0, 0.05) is 12.6 Å². The van der Waals surface area contributed by atoms with Gasteiger partial charge in [-0.05, 0) is 54.9 Å². The second kappa shape index (κ2) is 11.1. The molecule has 4 atom stereocenters. The van der Waals surface area contributed by atoms with Gasteiger partial charge in [-0.25, -0.2) is 0 Å². The number of carbonyl (C=O) groups excluding carboxylic acids is 3. The molecular formula is C28H38N2O6Si. The Morgan fingerprint density at radius 1 is 1.03 bits per heavy atom. The Bertz CT molecular complexity index is 1110. The number of methoxy groups -OCH3 is 1. The van der Waals surface area contributed by atoms with Crippen LogP contribution in [0.25, 0.3) is 0 Å². The summed E-state index contributed by atoms with van der Waals surface area (Å²) in [5.41, 5.74) is 1.47. The largest absolute Gasteiger partial charge is 0.497 e. The fraction of sp³-hybridized carbons (Fsp3) is 0.464. The lowest BCUT2D eigenvalue weighted by molar-refractivity contribution is -0.169. The maximum absolute atomic E-state index is 13.7. The zero-order valence-corrected chi connectivity index (χ0v) is 23.9. The molecule has 1 aliphatic rings. The lowest BCUT2D eigenvalue weighted by Gasteiger charge is -2.50. The molecule has 0 bridgehead atoms. The number of esters is 1. The number of ether oxygens (including phenoxy) is 2. The summed E-state index contributed by atoms with van der Waals surface area (Å²) in [7, 11) is -0.953. The molecule has 8 nitrogen and oxygen atoms in total. The molecule has 2 amide bonds. The quantitative estimate of drug-likeness (QED) is 0.286. The summed E-state index contributed by atoms with van der Waals surface area (Å²) in [5.74, 6) is -1.66. The molecule has 1 heterocycles. The van der Waals surface area contributed by atoms with Crippen LogP contribution in [-0.2, 0) is 23.5 Å². The van der Waals surface area contributed by atoms with E-state index in [9.17, 15) is 14.4 Å². The Morgan fingerprint density at radius 2 is 1.62 bits per heavy atom. The first-order valence-electron chi connectivity index (χ1n) is 12.4. The number of rotatable bonds is 9. The summed E-state index contributed by atoms with van der Waals surface area (Å²) >= 11 is 0. The molecule has 3 rings (SSSR count). The second-order valence-corrected chi connectivity index (χ2v) is 15.6. The molecule has 0 unspecified atom stereocenters. The fourth-order valence-corrected chi connectivity index (χ4v) is 5.23. The predicted octanol–water partition coefficient (Wildman–Crippen LogP) is 4.82. The van der Waals surface area contributed by atoms with Gasteiger partial charge >= 0.3 is 5.97 Å². The topological polar surface area (TPSA) is 94.2 Å². The molecule has 9 heteroatoms. The summed E-state index contributed by atoms with van der Waals surface area (Å²) in [6, 6.07) is 16.1. The summed E-state index contributed by atoms with van der Waals surface area (Å²) in [6.45, 7) is 13.4. The monoisotopic (exact) mass is 526 g/mol. The summed E-state index contributed by atoms with van der Waals surface area (Å²) in [4.78, 5) is 40.8. The molecule has 1 N–H and O–H groups in total. The molecule has 37 heavy (non-hydrogen) atoms. The third-order valence-corrected chi connectivity index (χ3v) is 11.6. The van der Waals surface area contributed by atoms with E-state index in [1.165, 1.54) is 11.8 Å². The van der Waals surface area contributed by atoms with Crippen molar-refractivity contribution in [3.05, 3.63) is 60.2 Å². The van der Waals surface area contributed by atoms with E-state index in [1.807, 2.05) is 50.3 Å². The Labute approximate surface area is 220 Å². The first kappa shape index (κ1) is 28.4. The van der Waals surface area contributed by atoms with Crippen LogP contribution in [0.15, 0.2) is 54.6 Å². The maximum Gasteiger partial charge on any atom is 0.304 e. The molecule has 200 valence electrons. The smallest absolute Gasteiger partial charge is 0.304 e. The minimum atomic E-state index is -2.51. The molecule has 0 radical (unpaired) electrons. The summed E-state index contributed by atoms with van der Waals surface area (Å²) < 4.78 is 17.4. The van der Waals surface area contributed by atoms with Gasteiger partial charge in [0.25, 0.3) is 0 Å². The zero-order chi connectivity index (χ0) is 27.5. The highest BCUT2D eigenvalue weighted by Crippen LogP contribution is 2.42. The average Bonchev–Trinajstić information content (AvgIpc) is 2.83. The minimum absolute atomic E-state index is 0.212. The molecule has 0 saturated carbocycles. The number of nitrogens with one attached hydrogen (secondary N) is 1. The number of carbonyl (C=O) groups is 3. The van der Waals surface area contributed by atoms with Crippen molar-refractivity contribution >= 4 is 31.8 Å².